The molecule has 1 amide bonds. The number of carboxylic acids is 1. The zero-order valence-electron chi connectivity index (χ0n) is 24.4. The molecule has 2 saturated carbocycles. The lowest BCUT2D eigenvalue weighted by Crippen LogP contribution is -2.47. The van der Waals surface area contributed by atoms with E-state index in [1.807, 2.05) is 26.0 Å². The first-order valence-corrected chi connectivity index (χ1v) is 15.8. The number of carbonyl (C=O) groups is 3. The highest BCUT2D eigenvalue weighted by molar-refractivity contribution is 7.92. The van der Waals surface area contributed by atoms with Gasteiger partial charge in [-0.25, -0.2) is 8.42 Å². The second-order valence-corrected chi connectivity index (χ2v) is 13.5. The Hall–Kier alpha value is -3.48. The maximum Gasteiger partial charge on any atom is 0.324 e. The normalized spacial score (nSPS) is 22.7. The van der Waals surface area contributed by atoms with Crippen LogP contribution in [-0.4, -0.2) is 76.7 Å². The van der Waals surface area contributed by atoms with E-state index in [0.717, 1.165) is 42.6 Å². The molecule has 0 radical (unpaired) electrons. The number of piperazine rings is 1. The van der Waals surface area contributed by atoms with Gasteiger partial charge in [0.2, 0.25) is 10.0 Å². The third-order valence-electron chi connectivity index (χ3n) is 9.21. The fraction of sp³-hybridized carbons (Fsp3) is 0.500. The minimum atomic E-state index is -4.16. The van der Waals surface area contributed by atoms with Gasteiger partial charge < -0.3 is 26.4 Å². The molecule has 2 aliphatic carbocycles. The Bertz CT molecular complexity index is 1400. The molecule has 0 spiro atoms. The molecule has 228 valence electrons. The summed E-state index contributed by atoms with van der Waals surface area (Å²) in [6.45, 7) is 6.78. The molecule has 5 N–H and O–H groups in total. The number of sulfonamides is 1. The monoisotopic (exact) mass is 599 g/mol. The Morgan fingerprint density at radius 3 is 2.21 bits per heavy atom. The number of benzene rings is 2. The van der Waals surface area contributed by atoms with E-state index in [1.54, 1.807) is 24.3 Å². The molecule has 3 fully saturated rings. The largest absolute Gasteiger partial charge is 0.480 e. The number of ketones is 1. The lowest BCUT2D eigenvalue weighted by Gasteiger charge is -2.37. The van der Waals surface area contributed by atoms with Crippen LogP contribution >= 0.6 is 0 Å². The van der Waals surface area contributed by atoms with Crippen molar-refractivity contribution in [3.8, 4) is 0 Å². The summed E-state index contributed by atoms with van der Waals surface area (Å²) in [5.74, 6) is -1.94. The van der Waals surface area contributed by atoms with Gasteiger partial charge in [-0.3, -0.25) is 18.7 Å². The second kappa shape index (κ2) is 12.4. The third kappa shape index (κ3) is 6.02. The van der Waals surface area contributed by atoms with Gasteiger partial charge in [-0.05, 0) is 79.8 Å². The average molecular weight is 600 g/mol. The highest BCUT2D eigenvalue weighted by Crippen LogP contribution is 2.64. The predicted molar refractivity (Wildman–Crippen MR) is 163 cm³/mol. The van der Waals surface area contributed by atoms with Gasteiger partial charge in [0.1, 0.15) is 12.3 Å². The predicted octanol–water partition coefficient (Wildman–Crippen LogP) is 2.54. The maximum absolute atomic E-state index is 13.7. The molecule has 5 rings (SSSR count). The molecule has 2 aromatic rings. The number of Topliss-reactive ketones (excluding diaryl/α,β-unsaturated/α-hetero) is 1. The molecule has 2 atom stereocenters. The van der Waals surface area contributed by atoms with Crippen molar-refractivity contribution >= 4 is 44.7 Å². The number of carboxylic acid groups (broad SMARTS) is 1. The van der Waals surface area contributed by atoms with E-state index in [4.69, 9.17) is 0 Å². The first kappa shape index (κ1) is 31.5. The van der Waals surface area contributed by atoms with Gasteiger partial charge in [0, 0.05) is 49.5 Å². The Labute approximate surface area is 247 Å². The number of nitrogens with one attached hydrogen (secondary N) is 2. The Morgan fingerprint density at radius 1 is 1.07 bits per heavy atom. The van der Waals surface area contributed by atoms with E-state index >= 15 is 0 Å². The highest BCUT2D eigenvalue weighted by atomic mass is 32.2. The van der Waals surface area contributed by atoms with Gasteiger partial charge in [0.05, 0.1) is 16.9 Å². The minimum Gasteiger partial charge on any atom is -0.480 e. The molecule has 2 bridgehead atoms. The van der Waals surface area contributed by atoms with Crippen molar-refractivity contribution in [2.75, 3.05) is 60.0 Å². The molecule has 1 aliphatic heterocycles. The van der Waals surface area contributed by atoms with E-state index in [1.165, 1.54) is 19.2 Å². The van der Waals surface area contributed by atoms with Crippen molar-refractivity contribution in [2.45, 2.75) is 33.1 Å². The number of hydrogen-bond acceptors (Lipinski definition) is 8. The molecule has 42 heavy (non-hydrogen) atoms. The molecule has 1 heterocycles. The first-order valence-electron chi connectivity index (χ1n) is 14.2. The average Bonchev–Trinajstić information content (AvgIpc) is 3.32. The Balaban J connectivity index is 0.00000198. The summed E-state index contributed by atoms with van der Waals surface area (Å²) in [5.41, 5.74) is 5.16. The number of nitrogens with zero attached hydrogens (tertiary/aromatic N) is 2. The quantitative estimate of drug-likeness (QED) is 0.339. The molecule has 0 aromatic heterocycles. The summed E-state index contributed by atoms with van der Waals surface area (Å²) in [5, 5.41) is 15.6. The molecule has 2 aromatic carbocycles. The minimum absolute atomic E-state index is 0.0494. The molecule has 11 nitrogen and oxygen atoms in total. The van der Waals surface area contributed by atoms with E-state index in [0.29, 0.717) is 24.1 Å². The smallest absolute Gasteiger partial charge is 0.324 e. The zero-order valence-corrected chi connectivity index (χ0v) is 25.2. The first-order chi connectivity index (χ1) is 19.9. The number of amides is 1. The van der Waals surface area contributed by atoms with Gasteiger partial charge >= 0.3 is 5.97 Å². The summed E-state index contributed by atoms with van der Waals surface area (Å²) in [4.78, 5) is 39.7. The van der Waals surface area contributed by atoms with Gasteiger partial charge in [0.25, 0.3) is 5.91 Å². The van der Waals surface area contributed by atoms with Gasteiger partial charge in [-0.1, -0.05) is 13.8 Å². The number of fused-ring (bicyclic) bond motifs is 2. The second-order valence-electron chi connectivity index (χ2n) is 11.6. The summed E-state index contributed by atoms with van der Waals surface area (Å²) in [6, 6.07) is 13.4. The molecule has 2 unspecified atom stereocenters. The summed E-state index contributed by atoms with van der Waals surface area (Å²) < 4.78 is 28.2. The van der Waals surface area contributed by atoms with Crippen LogP contribution in [0.1, 0.15) is 43.5 Å². The summed E-state index contributed by atoms with van der Waals surface area (Å²) in [6.07, 6.45) is 1.65. The third-order valence-corrected chi connectivity index (χ3v) is 11.1. The van der Waals surface area contributed by atoms with Crippen molar-refractivity contribution in [1.29, 1.82) is 0 Å². The van der Waals surface area contributed by atoms with Crippen LogP contribution in [0.4, 0.5) is 17.1 Å². The molecular weight excluding hydrogens is 558 g/mol. The maximum atomic E-state index is 13.7. The van der Waals surface area contributed by atoms with E-state index < -0.39 is 39.1 Å². The lowest BCUT2D eigenvalue weighted by atomic mass is 9.70. The number of anilines is 3. The highest BCUT2D eigenvalue weighted by Gasteiger charge is 2.65. The van der Waals surface area contributed by atoms with Crippen LogP contribution in [0.3, 0.4) is 0 Å². The van der Waals surface area contributed by atoms with Crippen molar-refractivity contribution < 1.29 is 27.9 Å². The van der Waals surface area contributed by atoms with E-state index in [2.05, 4.69) is 21.3 Å². The van der Waals surface area contributed by atoms with Crippen LogP contribution in [0.5, 0.6) is 0 Å². The van der Waals surface area contributed by atoms with Crippen LogP contribution in [0, 0.1) is 16.7 Å². The van der Waals surface area contributed by atoms with Crippen LogP contribution in [0.25, 0.3) is 0 Å². The Morgan fingerprint density at radius 2 is 1.69 bits per heavy atom. The molecule has 1 saturated heterocycles. The number of hydrogen-bond donors (Lipinski definition) is 4. The molecule has 3 aliphatic rings. The van der Waals surface area contributed by atoms with Crippen LogP contribution < -0.4 is 25.6 Å². The topological polar surface area (TPSA) is 162 Å². The Kier molecular flexibility index (Phi) is 9.29. The number of carbonyl (C=O) groups excluding carboxylic acids is 2. The van der Waals surface area contributed by atoms with Gasteiger partial charge in [0.15, 0.2) is 0 Å². The van der Waals surface area contributed by atoms with Gasteiger partial charge in [-0.2, -0.15) is 0 Å². The van der Waals surface area contributed by atoms with Crippen molar-refractivity contribution in [3.63, 3.8) is 0 Å². The van der Waals surface area contributed by atoms with Crippen molar-refractivity contribution in [1.82, 2.24) is 5.32 Å². The number of rotatable bonds is 9. The fourth-order valence-electron chi connectivity index (χ4n) is 6.63. The number of nitrogens with two attached hydrogens (primary N) is 1. The standard InChI is InChI=1S/C29H36N4O6S.CH5N/c1-28(2)21-11-12-29(28,25(34)17-21)19-40(38,39)33(18-26(35)36)24-9-5-22(6-10-24)31-27(37)20-3-7-23(8-4-20)32-15-13-30-14-16-32;1-2/h3-10,21,30H,11-19H2,1-2H3,(H,31,37)(H,35,36);2H2,1H3. The fourth-order valence-corrected chi connectivity index (χ4v) is 8.84. The van der Waals surface area contributed by atoms with Crippen LogP contribution in [-0.2, 0) is 19.6 Å². The lowest BCUT2D eigenvalue weighted by molar-refractivity contribution is -0.135. The van der Waals surface area contributed by atoms with Crippen molar-refractivity contribution in [3.05, 3.63) is 54.1 Å². The zero-order chi connectivity index (χ0) is 30.7. The van der Waals surface area contributed by atoms with Crippen LogP contribution in [0.15, 0.2) is 48.5 Å². The van der Waals surface area contributed by atoms with E-state index in [-0.39, 0.29) is 23.3 Å². The van der Waals surface area contributed by atoms with Crippen molar-refractivity contribution in [2.24, 2.45) is 22.5 Å². The number of aliphatic carboxylic acids is 1. The SMILES string of the molecule is CC1(C)C2CCC1(CS(=O)(=O)N(CC(=O)O)c1ccc(NC(=O)c3ccc(N4CCNCC4)cc3)cc1)C(=O)C2.CN. The van der Waals surface area contributed by atoms with E-state index in [9.17, 15) is 27.9 Å². The van der Waals surface area contributed by atoms with Crippen LogP contribution in [0.2, 0.25) is 0 Å². The summed E-state index contributed by atoms with van der Waals surface area (Å²) >= 11 is 0. The summed E-state index contributed by atoms with van der Waals surface area (Å²) in [7, 11) is -2.66. The van der Waals surface area contributed by atoms with Gasteiger partial charge in [-0.15, -0.1) is 0 Å². The molecule has 12 heteroatoms. The molecular formula is C30H41N5O6S.